The summed E-state index contributed by atoms with van der Waals surface area (Å²) < 4.78 is 144. The molecule has 0 aliphatic carbocycles. The van der Waals surface area contributed by atoms with Crippen LogP contribution in [0.4, 0.5) is 48.3 Å². The summed E-state index contributed by atoms with van der Waals surface area (Å²) in [5.74, 6) is 0. The number of alkyl halides is 11. The van der Waals surface area contributed by atoms with Gasteiger partial charge in [-0.2, -0.15) is 48.3 Å². The molecule has 0 atom stereocenters. The highest BCUT2D eigenvalue weighted by atomic mass is 19.4. The van der Waals surface area contributed by atoms with E-state index in [1.807, 2.05) is 0 Å². The van der Waals surface area contributed by atoms with Crippen LogP contribution in [0.15, 0.2) is 12.7 Å². The van der Waals surface area contributed by atoms with Crippen molar-refractivity contribution in [2.75, 3.05) is 13.2 Å². The normalized spacial score (nSPS) is 14.8. The van der Waals surface area contributed by atoms with Crippen LogP contribution in [-0.4, -0.2) is 43.8 Å². The number of ether oxygens (including phenoxy) is 3. The zero-order valence-electron chi connectivity index (χ0n) is 11.3. The molecule has 0 rings (SSSR count). The van der Waals surface area contributed by atoms with Gasteiger partial charge >= 0.3 is 30.6 Å². The fourth-order valence-corrected chi connectivity index (χ4v) is 0.912. The second-order valence-corrected chi connectivity index (χ2v) is 4.02. The number of rotatable bonds is 10. The lowest BCUT2D eigenvalue weighted by molar-refractivity contribution is -0.537. The van der Waals surface area contributed by atoms with E-state index in [0.717, 1.165) is 6.08 Å². The Morgan fingerprint density at radius 3 is 1.58 bits per heavy atom. The first-order chi connectivity index (χ1) is 10.5. The van der Waals surface area contributed by atoms with Gasteiger partial charge in [0.05, 0.1) is 6.61 Å². The molecule has 0 spiro atoms. The van der Waals surface area contributed by atoms with Gasteiger partial charge in [0.1, 0.15) is 6.61 Å². The van der Waals surface area contributed by atoms with E-state index in [4.69, 9.17) is 0 Å². The summed E-state index contributed by atoms with van der Waals surface area (Å²) in [6, 6.07) is 0. The Labute approximate surface area is 126 Å². The van der Waals surface area contributed by atoms with Crippen molar-refractivity contribution in [3.05, 3.63) is 12.7 Å². The minimum atomic E-state index is -6.80. The van der Waals surface area contributed by atoms with E-state index in [2.05, 4.69) is 16.1 Å². The Hall–Kier alpha value is -1.15. The zero-order valence-corrected chi connectivity index (χ0v) is 11.3. The van der Waals surface area contributed by atoms with E-state index in [0.29, 0.717) is 0 Å². The van der Waals surface area contributed by atoms with Crippen LogP contribution in [0.5, 0.6) is 0 Å². The van der Waals surface area contributed by atoms with Crippen molar-refractivity contribution in [1.82, 2.24) is 0 Å². The second kappa shape index (κ2) is 7.39. The van der Waals surface area contributed by atoms with Crippen molar-refractivity contribution in [2.45, 2.75) is 37.0 Å². The van der Waals surface area contributed by atoms with Crippen LogP contribution in [0.25, 0.3) is 0 Å². The molecule has 0 bridgehead atoms. The van der Waals surface area contributed by atoms with E-state index in [1.165, 1.54) is 0 Å². The minimum absolute atomic E-state index is 0.0381. The molecule has 0 aromatic heterocycles. The van der Waals surface area contributed by atoms with Gasteiger partial charge in [0, 0.05) is 0 Å². The zero-order chi connectivity index (χ0) is 19.4. The molecule has 0 N–H and O–H groups in total. The molecule has 0 fully saturated rings. The first-order valence-electron chi connectivity index (χ1n) is 5.64. The van der Waals surface area contributed by atoms with Crippen molar-refractivity contribution >= 4 is 0 Å². The lowest BCUT2D eigenvalue weighted by Crippen LogP contribution is -2.55. The summed E-state index contributed by atoms with van der Waals surface area (Å²) in [5, 5.41) is 0. The number of halogens is 11. The van der Waals surface area contributed by atoms with E-state index in [1.54, 1.807) is 4.74 Å². The highest BCUT2D eigenvalue weighted by Gasteiger charge is 2.72. The van der Waals surface area contributed by atoms with E-state index in [9.17, 15) is 48.3 Å². The van der Waals surface area contributed by atoms with Gasteiger partial charge in [-0.3, -0.25) is 0 Å². The summed E-state index contributed by atoms with van der Waals surface area (Å²) in [5.41, 5.74) is 0. The summed E-state index contributed by atoms with van der Waals surface area (Å²) in [6.07, 6.45) is -30.9. The average molecular weight is 386 g/mol. The Morgan fingerprint density at radius 2 is 1.17 bits per heavy atom. The Bertz CT molecular complexity index is 419. The van der Waals surface area contributed by atoms with E-state index < -0.39 is 43.8 Å². The van der Waals surface area contributed by atoms with Crippen LogP contribution in [0, 0.1) is 0 Å². The molecule has 0 aromatic carbocycles. The first kappa shape index (κ1) is 22.9. The highest BCUT2D eigenvalue weighted by molar-refractivity contribution is 4.75. The summed E-state index contributed by atoms with van der Waals surface area (Å²) in [4.78, 5) is 0. The van der Waals surface area contributed by atoms with Crippen LogP contribution in [0.1, 0.15) is 6.42 Å². The van der Waals surface area contributed by atoms with E-state index >= 15 is 0 Å². The molecule has 0 heterocycles. The molecule has 144 valence electrons. The quantitative estimate of drug-likeness (QED) is 0.313. The fourth-order valence-electron chi connectivity index (χ4n) is 0.912. The lowest BCUT2D eigenvalue weighted by atomic mass is 10.4. The largest absolute Gasteiger partial charge is 0.483 e. The Balaban J connectivity index is 5.03. The van der Waals surface area contributed by atoms with Crippen molar-refractivity contribution in [3.8, 4) is 0 Å². The molecule has 14 heteroatoms. The topological polar surface area (TPSA) is 27.7 Å². The second-order valence-electron chi connectivity index (χ2n) is 4.02. The predicted molar refractivity (Wildman–Crippen MR) is 53.6 cm³/mol. The lowest BCUT2D eigenvalue weighted by Gasteiger charge is -2.31. The molecule has 0 saturated heterocycles. The monoisotopic (exact) mass is 386 g/mol. The van der Waals surface area contributed by atoms with Gasteiger partial charge in [0.15, 0.2) is 0 Å². The summed E-state index contributed by atoms with van der Waals surface area (Å²) in [6.45, 7) is 0.624. The Morgan fingerprint density at radius 1 is 0.708 bits per heavy atom. The third-order valence-electron chi connectivity index (χ3n) is 1.94. The molecule has 3 nitrogen and oxygen atoms in total. The molecule has 0 aliphatic rings. The number of hydrogen-bond donors (Lipinski definition) is 0. The molecule has 0 aliphatic heterocycles. The fraction of sp³-hybridized carbons (Fsp3) is 0.800. The maximum absolute atomic E-state index is 12.9. The highest BCUT2D eigenvalue weighted by Crippen LogP contribution is 2.47. The third-order valence-corrected chi connectivity index (χ3v) is 1.94. The van der Waals surface area contributed by atoms with E-state index in [-0.39, 0.29) is 6.42 Å². The molecule has 0 radical (unpaired) electrons. The maximum atomic E-state index is 12.9. The van der Waals surface area contributed by atoms with Crippen molar-refractivity contribution in [2.24, 2.45) is 0 Å². The van der Waals surface area contributed by atoms with Crippen LogP contribution >= 0.6 is 0 Å². The van der Waals surface area contributed by atoms with Crippen molar-refractivity contribution < 1.29 is 62.5 Å². The third kappa shape index (κ3) is 6.39. The molecule has 0 saturated carbocycles. The maximum Gasteiger partial charge on any atom is 0.483 e. The van der Waals surface area contributed by atoms with Crippen molar-refractivity contribution in [1.29, 1.82) is 0 Å². The molecular weight excluding hydrogens is 377 g/mol. The molecule has 0 amide bonds. The SMILES string of the molecule is C=CCCOCC(F)(F)OC(F)(F)C(F)(F)OC(F)(F)C(F)(F)F. The standard InChI is InChI=1S/C10H9F11O3/c1-2-3-4-22-5-6(11,12)23-9(18,19)10(20,21)24-8(16,17)7(13,14)15/h2H,1,3-5H2. The smallest absolute Gasteiger partial charge is 0.372 e. The van der Waals surface area contributed by atoms with Gasteiger partial charge in [0.25, 0.3) is 0 Å². The van der Waals surface area contributed by atoms with Gasteiger partial charge < -0.3 is 4.74 Å². The minimum Gasteiger partial charge on any atom is -0.372 e. The molecular formula is C10H9F11O3. The summed E-state index contributed by atoms with van der Waals surface area (Å²) in [7, 11) is 0. The molecule has 0 unspecified atom stereocenters. The first-order valence-corrected chi connectivity index (χ1v) is 5.64. The molecule has 24 heavy (non-hydrogen) atoms. The van der Waals surface area contributed by atoms with Gasteiger partial charge in [-0.25, -0.2) is 9.47 Å². The van der Waals surface area contributed by atoms with Crippen LogP contribution < -0.4 is 0 Å². The van der Waals surface area contributed by atoms with Gasteiger partial charge in [-0.05, 0) is 6.42 Å². The van der Waals surface area contributed by atoms with Crippen LogP contribution in [0.3, 0.4) is 0 Å². The van der Waals surface area contributed by atoms with Crippen molar-refractivity contribution in [3.63, 3.8) is 0 Å². The molecule has 0 aromatic rings. The van der Waals surface area contributed by atoms with Gasteiger partial charge in [-0.15, -0.1) is 6.58 Å². The van der Waals surface area contributed by atoms with Gasteiger partial charge in [0.2, 0.25) is 0 Å². The Kier molecular flexibility index (Phi) is 7.04. The summed E-state index contributed by atoms with van der Waals surface area (Å²) >= 11 is 0. The van der Waals surface area contributed by atoms with Crippen LogP contribution in [-0.2, 0) is 14.2 Å². The number of hydrogen-bond acceptors (Lipinski definition) is 3. The van der Waals surface area contributed by atoms with Crippen LogP contribution in [0.2, 0.25) is 0 Å². The average Bonchev–Trinajstić information content (AvgIpc) is 2.30. The predicted octanol–water partition coefficient (Wildman–Crippen LogP) is 4.55. The van der Waals surface area contributed by atoms with Gasteiger partial charge in [-0.1, -0.05) is 6.08 Å².